The van der Waals surface area contributed by atoms with Gasteiger partial charge in [-0.1, -0.05) is 6.92 Å². The molecule has 1 aliphatic rings. The van der Waals surface area contributed by atoms with Crippen LogP contribution in [0.25, 0.3) is 0 Å². The maximum Gasteiger partial charge on any atom is 0.143 e. The first-order valence-corrected chi connectivity index (χ1v) is 5.21. The second kappa shape index (κ2) is 4.96. The molecule has 1 aromatic rings. The Balaban J connectivity index is 0.000000845. The molecule has 0 aromatic carbocycles. The fourth-order valence-corrected chi connectivity index (χ4v) is 2.46. The van der Waals surface area contributed by atoms with Gasteiger partial charge in [0.1, 0.15) is 6.23 Å². The van der Waals surface area contributed by atoms with E-state index < -0.39 is 0 Å². The Hall–Kier alpha value is -0.0900. The van der Waals surface area contributed by atoms with Crippen molar-refractivity contribution < 1.29 is 4.74 Å². The fraction of sp³-hybridized carbons (Fsp3) is 0.556. The average molecular weight is 220 g/mol. The van der Waals surface area contributed by atoms with Gasteiger partial charge in [-0.25, -0.2) is 0 Å². The van der Waals surface area contributed by atoms with Gasteiger partial charge in [0, 0.05) is 0 Å². The minimum atomic E-state index is 0. The van der Waals surface area contributed by atoms with Gasteiger partial charge < -0.3 is 4.74 Å². The summed E-state index contributed by atoms with van der Waals surface area (Å²) in [4.78, 5) is 1.36. The third kappa shape index (κ3) is 2.23. The number of nitrogens with one attached hydrogen (secondary N) is 1. The van der Waals surface area contributed by atoms with Crippen molar-refractivity contribution in [3.05, 3.63) is 21.9 Å². The largest absolute Gasteiger partial charge is 0.358 e. The quantitative estimate of drug-likeness (QED) is 0.825. The van der Waals surface area contributed by atoms with E-state index >= 15 is 0 Å². The van der Waals surface area contributed by atoms with Crippen molar-refractivity contribution in [1.82, 2.24) is 5.32 Å². The van der Waals surface area contributed by atoms with Crippen LogP contribution in [0.4, 0.5) is 0 Å². The molecule has 4 heteroatoms. The number of thiophene rings is 1. The third-order valence-corrected chi connectivity index (χ3v) is 3.07. The molecule has 0 fully saturated rings. The van der Waals surface area contributed by atoms with E-state index in [0.717, 1.165) is 19.6 Å². The molecule has 0 saturated carbocycles. The normalized spacial score (nSPS) is 20.5. The molecule has 1 aromatic heterocycles. The summed E-state index contributed by atoms with van der Waals surface area (Å²) < 4.78 is 5.60. The summed E-state index contributed by atoms with van der Waals surface area (Å²) in [5, 5.41) is 5.46. The summed E-state index contributed by atoms with van der Waals surface area (Å²) in [5.41, 5.74) is 1.46. The maximum absolute atomic E-state index is 5.60. The maximum atomic E-state index is 5.60. The Labute approximate surface area is 88.7 Å². The molecule has 2 rings (SSSR count). The fourth-order valence-electron chi connectivity index (χ4n) is 1.48. The van der Waals surface area contributed by atoms with Gasteiger partial charge in [-0.2, -0.15) is 0 Å². The number of hydrogen-bond donors (Lipinski definition) is 1. The number of fused-ring (bicyclic) bond motifs is 1. The van der Waals surface area contributed by atoms with Crippen molar-refractivity contribution in [3.63, 3.8) is 0 Å². The smallest absolute Gasteiger partial charge is 0.143 e. The summed E-state index contributed by atoms with van der Waals surface area (Å²) >= 11 is 1.79. The Morgan fingerprint density at radius 1 is 1.69 bits per heavy atom. The number of halogens is 1. The lowest BCUT2D eigenvalue weighted by Gasteiger charge is -2.23. The Morgan fingerprint density at radius 2 is 2.54 bits per heavy atom. The number of rotatable bonds is 2. The van der Waals surface area contributed by atoms with E-state index in [0.29, 0.717) is 0 Å². The summed E-state index contributed by atoms with van der Waals surface area (Å²) in [5.74, 6) is 0. The van der Waals surface area contributed by atoms with Crippen LogP contribution < -0.4 is 5.32 Å². The van der Waals surface area contributed by atoms with Crippen LogP contribution in [0.2, 0.25) is 0 Å². The predicted molar refractivity (Wildman–Crippen MR) is 57.6 cm³/mol. The molecule has 2 heterocycles. The molecule has 1 unspecified atom stereocenters. The molecule has 0 saturated heterocycles. The molecular formula is C9H14ClNOS. The predicted octanol–water partition coefficient (Wildman–Crippen LogP) is 2.35. The summed E-state index contributed by atoms with van der Waals surface area (Å²) in [6, 6.07) is 2.20. The second-order valence-electron chi connectivity index (χ2n) is 2.87. The molecule has 13 heavy (non-hydrogen) atoms. The van der Waals surface area contributed by atoms with Crippen LogP contribution in [0.1, 0.15) is 23.6 Å². The first-order chi connectivity index (χ1) is 5.92. The Kier molecular flexibility index (Phi) is 4.19. The first-order valence-electron chi connectivity index (χ1n) is 4.33. The van der Waals surface area contributed by atoms with Gasteiger partial charge in [-0.3, -0.25) is 5.32 Å². The minimum Gasteiger partial charge on any atom is -0.358 e. The zero-order valence-corrected chi connectivity index (χ0v) is 9.21. The van der Waals surface area contributed by atoms with Crippen LogP contribution in [0.15, 0.2) is 11.4 Å². The average Bonchev–Trinajstić information content (AvgIpc) is 2.53. The van der Waals surface area contributed by atoms with Gasteiger partial charge in [0.2, 0.25) is 0 Å². The summed E-state index contributed by atoms with van der Waals surface area (Å²) in [6.07, 6.45) is 1.22. The lowest BCUT2D eigenvalue weighted by Crippen LogP contribution is -2.27. The zero-order valence-electron chi connectivity index (χ0n) is 7.58. The van der Waals surface area contributed by atoms with Gasteiger partial charge in [0.05, 0.1) is 11.5 Å². The van der Waals surface area contributed by atoms with Crippen molar-refractivity contribution in [1.29, 1.82) is 0 Å². The van der Waals surface area contributed by atoms with Crippen molar-refractivity contribution in [2.75, 3.05) is 13.2 Å². The van der Waals surface area contributed by atoms with Gasteiger partial charge in [0.15, 0.2) is 0 Å². The van der Waals surface area contributed by atoms with Crippen molar-refractivity contribution in [3.8, 4) is 0 Å². The third-order valence-electron chi connectivity index (χ3n) is 2.06. The van der Waals surface area contributed by atoms with Gasteiger partial charge >= 0.3 is 0 Å². The highest BCUT2D eigenvalue weighted by atomic mass is 35.5. The molecule has 0 spiro atoms. The van der Waals surface area contributed by atoms with Crippen LogP contribution in [0.5, 0.6) is 0 Å². The molecular weight excluding hydrogens is 206 g/mol. The van der Waals surface area contributed by atoms with Gasteiger partial charge in [0.25, 0.3) is 0 Å². The molecule has 1 aliphatic heterocycles. The van der Waals surface area contributed by atoms with Crippen LogP contribution in [0.3, 0.4) is 0 Å². The van der Waals surface area contributed by atoms with E-state index in [-0.39, 0.29) is 18.6 Å². The monoisotopic (exact) mass is 219 g/mol. The number of ether oxygens (including phenoxy) is 1. The molecule has 0 bridgehead atoms. The van der Waals surface area contributed by atoms with Crippen LogP contribution in [-0.4, -0.2) is 13.2 Å². The van der Waals surface area contributed by atoms with Crippen molar-refractivity contribution in [2.45, 2.75) is 19.6 Å². The first kappa shape index (κ1) is 11.0. The van der Waals surface area contributed by atoms with Crippen LogP contribution in [0, 0.1) is 0 Å². The topological polar surface area (TPSA) is 21.3 Å². The molecule has 74 valence electrons. The SMILES string of the molecule is CCNC1OCCc2ccsc21.Cl. The Morgan fingerprint density at radius 3 is 3.31 bits per heavy atom. The molecule has 1 atom stereocenters. The summed E-state index contributed by atoms with van der Waals surface area (Å²) in [7, 11) is 0. The zero-order chi connectivity index (χ0) is 8.39. The van der Waals surface area contributed by atoms with E-state index in [1.807, 2.05) is 0 Å². The van der Waals surface area contributed by atoms with E-state index in [1.54, 1.807) is 11.3 Å². The van der Waals surface area contributed by atoms with Crippen molar-refractivity contribution >= 4 is 23.7 Å². The van der Waals surface area contributed by atoms with E-state index in [1.165, 1.54) is 10.4 Å². The van der Waals surface area contributed by atoms with Gasteiger partial charge in [-0.05, 0) is 30.0 Å². The molecule has 2 nitrogen and oxygen atoms in total. The lowest BCUT2D eigenvalue weighted by molar-refractivity contribution is 0.0229. The highest BCUT2D eigenvalue weighted by molar-refractivity contribution is 7.10. The van der Waals surface area contributed by atoms with Gasteiger partial charge in [-0.15, -0.1) is 23.7 Å². The van der Waals surface area contributed by atoms with Crippen molar-refractivity contribution in [2.24, 2.45) is 0 Å². The standard InChI is InChI=1S/C9H13NOS.ClH/c1-2-10-9-8-7(3-5-11-9)4-6-12-8;/h4,6,9-10H,2-3,5H2,1H3;1H. The molecule has 0 amide bonds. The second-order valence-corrected chi connectivity index (χ2v) is 3.82. The lowest BCUT2D eigenvalue weighted by atomic mass is 10.1. The van der Waals surface area contributed by atoms with E-state index in [2.05, 4.69) is 23.7 Å². The van der Waals surface area contributed by atoms with Crippen LogP contribution in [-0.2, 0) is 11.2 Å². The highest BCUT2D eigenvalue weighted by Crippen LogP contribution is 2.29. The number of hydrogen-bond acceptors (Lipinski definition) is 3. The summed E-state index contributed by atoms with van der Waals surface area (Å²) in [6.45, 7) is 3.91. The molecule has 0 radical (unpaired) electrons. The molecule has 0 aliphatic carbocycles. The van der Waals surface area contributed by atoms with Crippen LogP contribution >= 0.6 is 23.7 Å². The Bertz CT molecular complexity index is 264. The minimum absolute atomic E-state index is 0. The highest BCUT2D eigenvalue weighted by Gasteiger charge is 2.20. The molecule has 1 N–H and O–H groups in total. The van der Waals surface area contributed by atoms with E-state index in [4.69, 9.17) is 4.74 Å². The van der Waals surface area contributed by atoms with E-state index in [9.17, 15) is 0 Å².